The van der Waals surface area contributed by atoms with Crippen molar-refractivity contribution in [3.63, 3.8) is 0 Å². The molecule has 2 atom stereocenters. The van der Waals surface area contributed by atoms with Crippen molar-refractivity contribution in [1.29, 1.82) is 0 Å². The minimum absolute atomic E-state index is 0.0463. The molecule has 0 radical (unpaired) electrons. The minimum Gasteiger partial charge on any atom is -0.466 e. The fourth-order valence-corrected chi connectivity index (χ4v) is 8.42. The molecule has 2 unspecified atom stereocenters. The number of ether oxygens (including phenoxy) is 1. The SMILES string of the molecule is CCCCC/C=C\C/C=C\CCCCCCCCCC(=O)OCCCC/C=C\CCCCCCC(=O)NC(CO)C(O)/C=C/CCCCCCCCCCCCCCCCCCCCC. The molecule has 0 aromatic heterocycles. The fraction of sp³-hybridized carbons (Fsp3) is 0.831. The third kappa shape index (κ3) is 51.1. The Morgan fingerprint density at radius 2 is 0.769 bits per heavy atom. The summed E-state index contributed by atoms with van der Waals surface area (Å²) >= 11 is 0. The van der Waals surface area contributed by atoms with Gasteiger partial charge in [0.05, 0.1) is 25.4 Å². The highest BCUT2D eigenvalue weighted by Crippen LogP contribution is 2.16. The largest absolute Gasteiger partial charge is 0.466 e. The smallest absolute Gasteiger partial charge is 0.305 e. The highest BCUT2D eigenvalue weighted by molar-refractivity contribution is 5.76. The Morgan fingerprint density at radius 1 is 0.431 bits per heavy atom. The molecular formula is C59H109NO5. The monoisotopic (exact) mass is 912 g/mol. The number of aliphatic hydroxyl groups is 2. The van der Waals surface area contributed by atoms with E-state index < -0.39 is 12.1 Å². The molecule has 0 bridgehead atoms. The molecule has 65 heavy (non-hydrogen) atoms. The lowest BCUT2D eigenvalue weighted by Gasteiger charge is -2.20. The molecule has 0 aromatic rings. The molecule has 6 nitrogen and oxygen atoms in total. The summed E-state index contributed by atoms with van der Waals surface area (Å²) in [6.07, 6.45) is 68.4. The summed E-state index contributed by atoms with van der Waals surface area (Å²) in [6.45, 7) is 4.79. The number of hydrogen-bond donors (Lipinski definition) is 3. The number of rotatable bonds is 52. The second-order valence-electron chi connectivity index (χ2n) is 19.3. The van der Waals surface area contributed by atoms with Crippen LogP contribution in [0.25, 0.3) is 0 Å². The van der Waals surface area contributed by atoms with E-state index in [2.05, 4.69) is 55.6 Å². The molecule has 0 heterocycles. The molecule has 0 saturated heterocycles. The second kappa shape index (κ2) is 54.4. The highest BCUT2D eigenvalue weighted by atomic mass is 16.5. The van der Waals surface area contributed by atoms with E-state index in [0.717, 1.165) is 83.5 Å². The van der Waals surface area contributed by atoms with Gasteiger partial charge < -0.3 is 20.3 Å². The van der Waals surface area contributed by atoms with Crippen LogP contribution in [-0.2, 0) is 14.3 Å². The van der Waals surface area contributed by atoms with Gasteiger partial charge in [-0.15, -0.1) is 0 Å². The quantitative estimate of drug-likeness (QED) is 0.0321. The van der Waals surface area contributed by atoms with Gasteiger partial charge in [0.1, 0.15) is 0 Å². The number of esters is 1. The van der Waals surface area contributed by atoms with E-state index in [1.165, 1.54) is 180 Å². The first kappa shape index (κ1) is 62.8. The maximum atomic E-state index is 12.5. The van der Waals surface area contributed by atoms with Gasteiger partial charge in [-0.3, -0.25) is 9.59 Å². The maximum absolute atomic E-state index is 12.5. The molecule has 0 spiro atoms. The van der Waals surface area contributed by atoms with Crippen LogP contribution in [0.1, 0.15) is 290 Å². The lowest BCUT2D eigenvalue weighted by atomic mass is 10.0. The Labute approximate surface area is 404 Å². The molecule has 3 N–H and O–H groups in total. The average molecular weight is 913 g/mol. The summed E-state index contributed by atoms with van der Waals surface area (Å²) in [5.41, 5.74) is 0. The van der Waals surface area contributed by atoms with Gasteiger partial charge >= 0.3 is 5.97 Å². The normalized spacial score (nSPS) is 13.0. The van der Waals surface area contributed by atoms with Crippen LogP contribution in [0.15, 0.2) is 48.6 Å². The van der Waals surface area contributed by atoms with Crippen molar-refractivity contribution in [1.82, 2.24) is 5.32 Å². The Bertz CT molecular complexity index is 1100. The molecule has 0 aliphatic carbocycles. The lowest BCUT2D eigenvalue weighted by Crippen LogP contribution is -2.45. The van der Waals surface area contributed by atoms with Crippen molar-refractivity contribution in [2.75, 3.05) is 13.2 Å². The molecular weight excluding hydrogens is 803 g/mol. The molecule has 1 amide bonds. The molecule has 0 saturated carbocycles. The number of carbonyl (C=O) groups is 2. The van der Waals surface area contributed by atoms with E-state index in [4.69, 9.17) is 4.74 Å². The van der Waals surface area contributed by atoms with Gasteiger partial charge in [0, 0.05) is 12.8 Å². The molecule has 0 rings (SSSR count). The molecule has 380 valence electrons. The summed E-state index contributed by atoms with van der Waals surface area (Å²) in [4.78, 5) is 24.5. The van der Waals surface area contributed by atoms with Crippen LogP contribution < -0.4 is 5.32 Å². The van der Waals surface area contributed by atoms with Gasteiger partial charge in [-0.1, -0.05) is 236 Å². The Balaban J connectivity index is 3.56. The lowest BCUT2D eigenvalue weighted by molar-refractivity contribution is -0.143. The first-order chi connectivity index (χ1) is 32.0. The highest BCUT2D eigenvalue weighted by Gasteiger charge is 2.18. The number of carbonyl (C=O) groups excluding carboxylic acids is 2. The van der Waals surface area contributed by atoms with Gasteiger partial charge in [-0.25, -0.2) is 0 Å². The zero-order valence-corrected chi connectivity index (χ0v) is 43.2. The molecule has 0 aliphatic heterocycles. The number of aliphatic hydroxyl groups excluding tert-OH is 2. The Kier molecular flexibility index (Phi) is 52.6. The third-order valence-electron chi connectivity index (χ3n) is 12.8. The standard InChI is InChI=1S/C59H109NO5/c1-3-5-7-9-11-13-15-17-19-21-22-23-24-26-27-29-31-35-39-43-47-51-57(62)56(55-61)60-58(63)52-48-44-40-36-33-34-38-42-46-50-54-65-59(64)53-49-45-41-37-32-30-28-25-20-18-16-14-12-10-8-6-4-2/h12,14,18,20,34,38,47,51,56-57,61-62H,3-11,13,15-17,19,21-33,35-37,39-46,48-50,52-55H2,1-2H3,(H,60,63)/b14-12-,20-18-,38-34-,51-47+. The van der Waals surface area contributed by atoms with Crippen molar-refractivity contribution in [2.24, 2.45) is 0 Å². The van der Waals surface area contributed by atoms with E-state index in [1.807, 2.05) is 6.08 Å². The van der Waals surface area contributed by atoms with Crippen molar-refractivity contribution in [3.05, 3.63) is 48.6 Å². The average Bonchev–Trinajstić information content (AvgIpc) is 3.31. The van der Waals surface area contributed by atoms with Crippen LogP contribution in [0.2, 0.25) is 0 Å². The topological polar surface area (TPSA) is 95.9 Å². The summed E-state index contributed by atoms with van der Waals surface area (Å²) in [7, 11) is 0. The second-order valence-corrected chi connectivity index (χ2v) is 19.3. The molecule has 6 heteroatoms. The summed E-state index contributed by atoms with van der Waals surface area (Å²) in [6, 6.07) is -0.656. The minimum atomic E-state index is -0.869. The van der Waals surface area contributed by atoms with Crippen LogP contribution in [0.5, 0.6) is 0 Å². The van der Waals surface area contributed by atoms with E-state index in [-0.39, 0.29) is 18.5 Å². The maximum Gasteiger partial charge on any atom is 0.305 e. The van der Waals surface area contributed by atoms with E-state index >= 15 is 0 Å². The molecule has 0 fully saturated rings. The van der Waals surface area contributed by atoms with Gasteiger partial charge in [-0.2, -0.15) is 0 Å². The number of unbranched alkanes of at least 4 members (excludes halogenated alkanes) is 35. The zero-order valence-electron chi connectivity index (χ0n) is 43.2. The van der Waals surface area contributed by atoms with Crippen LogP contribution in [0.3, 0.4) is 0 Å². The van der Waals surface area contributed by atoms with Crippen molar-refractivity contribution in [2.45, 2.75) is 302 Å². The zero-order chi connectivity index (χ0) is 47.2. The molecule has 0 aliphatic rings. The fourth-order valence-electron chi connectivity index (χ4n) is 8.42. The molecule has 0 aromatic carbocycles. The first-order valence-electron chi connectivity index (χ1n) is 28.4. The summed E-state index contributed by atoms with van der Waals surface area (Å²) in [5.74, 6) is -0.150. The summed E-state index contributed by atoms with van der Waals surface area (Å²) < 4.78 is 5.44. The van der Waals surface area contributed by atoms with E-state index in [9.17, 15) is 19.8 Å². The van der Waals surface area contributed by atoms with Gasteiger partial charge in [0.25, 0.3) is 0 Å². The van der Waals surface area contributed by atoms with Gasteiger partial charge in [0.15, 0.2) is 0 Å². The third-order valence-corrected chi connectivity index (χ3v) is 12.8. The van der Waals surface area contributed by atoms with Crippen LogP contribution in [0, 0.1) is 0 Å². The Hall–Kier alpha value is -2.18. The number of amides is 1. The van der Waals surface area contributed by atoms with E-state index in [1.54, 1.807) is 6.08 Å². The predicted molar refractivity (Wildman–Crippen MR) is 282 cm³/mol. The van der Waals surface area contributed by atoms with Crippen molar-refractivity contribution < 1.29 is 24.5 Å². The van der Waals surface area contributed by atoms with Crippen molar-refractivity contribution >= 4 is 11.9 Å². The Morgan fingerprint density at radius 3 is 1.22 bits per heavy atom. The number of allylic oxidation sites excluding steroid dienone is 7. The van der Waals surface area contributed by atoms with Crippen molar-refractivity contribution in [3.8, 4) is 0 Å². The van der Waals surface area contributed by atoms with Gasteiger partial charge in [-0.05, 0) is 89.9 Å². The summed E-state index contributed by atoms with van der Waals surface area (Å²) in [5, 5.41) is 23.1. The number of nitrogens with one attached hydrogen (secondary N) is 1. The first-order valence-corrected chi connectivity index (χ1v) is 28.4. The van der Waals surface area contributed by atoms with Crippen LogP contribution in [-0.4, -0.2) is 47.4 Å². The number of hydrogen-bond acceptors (Lipinski definition) is 5. The predicted octanol–water partition coefficient (Wildman–Crippen LogP) is 17.4. The van der Waals surface area contributed by atoms with E-state index in [0.29, 0.717) is 19.4 Å². The van der Waals surface area contributed by atoms with Gasteiger partial charge in [0.2, 0.25) is 5.91 Å². The van der Waals surface area contributed by atoms with Crippen LogP contribution >= 0.6 is 0 Å². The van der Waals surface area contributed by atoms with Crippen LogP contribution in [0.4, 0.5) is 0 Å².